The molecule has 0 spiro atoms. The smallest absolute Gasteiger partial charge is 0.252 e. The number of benzene rings is 3. The van der Waals surface area contributed by atoms with Crippen molar-refractivity contribution in [2.75, 3.05) is 6.54 Å². The number of nitrogens with one attached hydrogen (secondary N) is 1. The lowest BCUT2D eigenvalue weighted by Crippen LogP contribution is -2.34. The van der Waals surface area contributed by atoms with Gasteiger partial charge in [-0.3, -0.25) is 9.69 Å². The largest absolute Gasteiger partial charge is 0.321 e. The molecule has 3 aromatic carbocycles. The Labute approximate surface area is 229 Å². The zero-order chi connectivity index (χ0) is 27.2. The lowest BCUT2D eigenvalue weighted by Gasteiger charge is -2.30. The molecule has 5 rings (SSSR count). The summed E-state index contributed by atoms with van der Waals surface area (Å²) in [6.45, 7) is 8.27. The van der Waals surface area contributed by atoms with E-state index in [1.807, 2.05) is 22.9 Å². The summed E-state index contributed by atoms with van der Waals surface area (Å²) in [6.07, 6.45) is 2.54. The summed E-state index contributed by atoms with van der Waals surface area (Å²) in [5, 5.41) is 13.9. The van der Waals surface area contributed by atoms with Gasteiger partial charge in [-0.25, -0.2) is 4.68 Å². The maximum Gasteiger partial charge on any atom is 0.252 e. The number of H-pyrrole nitrogens is 1. The molecule has 1 N–H and O–H groups in total. The Balaban J connectivity index is 1.45. The number of hydrogen-bond donors (Lipinski definition) is 1. The van der Waals surface area contributed by atoms with E-state index in [4.69, 9.17) is 0 Å². The molecule has 7 heteroatoms. The molecule has 0 fully saturated rings. The molecule has 2 aromatic heterocycles. The van der Waals surface area contributed by atoms with Crippen LogP contribution >= 0.6 is 0 Å². The number of pyridine rings is 1. The van der Waals surface area contributed by atoms with E-state index in [0.717, 1.165) is 53.7 Å². The van der Waals surface area contributed by atoms with Gasteiger partial charge in [0.25, 0.3) is 5.56 Å². The topological polar surface area (TPSA) is 79.7 Å². The third kappa shape index (κ3) is 6.15. The van der Waals surface area contributed by atoms with Crippen LogP contribution in [0.4, 0.5) is 0 Å². The Morgan fingerprint density at radius 3 is 2.31 bits per heavy atom. The Kier molecular flexibility index (Phi) is 8.27. The summed E-state index contributed by atoms with van der Waals surface area (Å²) >= 11 is 0. The third-order valence-corrected chi connectivity index (χ3v) is 7.67. The molecule has 0 aliphatic heterocycles. The first kappa shape index (κ1) is 26.5. The van der Waals surface area contributed by atoms with Crippen LogP contribution in [0.5, 0.6) is 0 Å². The fraction of sp³-hybridized carbons (Fsp3) is 0.312. The van der Waals surface area contributed by atoms with Gasteiger partial charge in [0.15, 0.2) is 5.82 Å². The van der Waals surface area contributed by atoms with Crippen molar-refractivity contribution in [3.05, 3.63) is 123 Å². The number of tetrazole rings is 1. The summed E-state index contributed by atoms with van der Waals surface area (Å²) in [6, 6.07) is 27.1. The van der Waals surface area contributed by atoms with E-state index >= 15 is 0 Å². The number of aromatic nitrogens is 5. The molecular formula is C32H36N6O. The van der Waals surface area contributed by atoms with Gasteiger partial charge in [0.2, 0.25) is 0 Å². The maximum absolute atomic E-state index is 13.3. The van der Waals surface area contributed by atoms with Gasteiger partial charge in [0.05, 0.1) is 11.6 Å². The van der Waals surface area contributed by atoms with Crippen molar-refractivity contribution >= 4 is 10.9 Å². The van der Waals surface area contributed by atoms with E-state index in [0.29, 0.717) is 13.1 Å². The second kappa shape index (κ2) is 12.2. The summed E-state index contributed by atoms with van der Waals surface area (Å²) in [4.78, 5) is 18.8. The Morgan fingerprint density at radius 1 is 0.923 bits per heavy atom. The highest BCUT2D eigenvalue weighted by Gasteiger charge is 2.26. The highest BCUT2D eigenvalue weighted by Crippen LogP contribution is 2.26. The van der Waals surface area contributed by atoms with Crippen LogP contribution in [0.3, 0.4) is 0 Å². The van der Waals surface area contributed by atoms with Crippen LogP contribution in [-0.4, -0.2) is 36.6 Å². The molecule has 7 nitrogen and oxygen atoms in total. The van der Waals surface area contributed by atoms with Gasteiger partial charge in [0.1, 0.15) is 0 Å². The van der Waals surface area contributed by atoms with Crippen LogP contribution in [0.15, 0.2) is 83.7 Å². The first-order valence-corrected chi connectivity index (χ1v) is 13.7. The van der Waals surface area contributed by atoms with Crippen molar-refractivity contribution in [2.24, 2.45) is 0 Å². The summed E-state index contributed by atoms with van der Waals surface area (Å²) < 4.78 is 1.92. The van der Waals surface area contributed by atoms with Gasteiger partial charge in [-0.05, 0) is 77.2 Å². The van der Waals surface area contributed by atoms with Gasteiger partial charge < -0.3 is 4.98 Å². The molecule has 200 valence electrons. The Morgan fingerprint density at radius 2 is 1.62 bits per heavy atom. The molecule has 0 saturated heterocycles. The minimum absolute atomic E-state index is 0.0330. The van der Waals surface area contributed by atoms with Crippen LogP contribution in [-0.2, 0) is 25.9 Å². The van der Waals surface area contributed by atoms with Crippen LogP contribution in [0.2, 0.25) is 0 Å². The molecule has 2 heterocycles. The third-order valence-electron chi connectivity index (χ3n) is 7.67. The van der Waals surface area contributed by atoms with Crippen LogP contribution < -0.4 is 5.56 Å². The summed E-state index contributed by atoms with van der Waals surface area (Å²) in [5.74, 6) is 0.838. The van der Waals surface area contributed by atoms with Crippen molar-refractivity contribution in [1.29, 1.82) is 0 Å². The second-order valence-electron chi connectivity index (χ2n) is 10.2. The van der Waals surface area contributed by atoms with Gasteiger partial charge >= 0.3 is 0 Å². The molecule has 0 unspecified atom stereocenters. The first-order chi connectivity index (χ1) is 19.0. The number of rotatable bonds is 11. The minimum atomic E-state index is -0.0422. The van der Waals surface area contributed by atoms with E-state index in [1.165, 1.54) is 16.7 Å². The molecule has 5 aromatic rings. The predicted octanol–water partition coefficient (Wildman–Crippen LogP) is 5.57. The van der Waals surface area contributed by atoms with E-state index in [2.05, 4.69) is 107 Å². The molecule has 1 atom stereocenters. The van der Waals surface area contributed by atoms with Gasteiger partial charge in [-0.1, -0.05) is 79.7 Å². The van der Waals surface area contributed by atoms with Crippen molar-refractivity contribution in [1.82, 2.24) is 30.1 Å². The monoisotopic (exact) mass is 520 g/mol. The van der Waals surface area contributed by atoms with Crippen molar-refractivity contribution in [3.63, 3.8) is 0 Å². The van der Waals surface area contributed by atoms with Crippen LogP contribution in [0.1, 0.15) is 53.0 Å². The van der Waals surface area contributed by atoms with E-state index in [1.54, 1.807) is 0 Å². The van der Waals surface area contributed by atoms with Crippen molar-refractivity contribution in [3.8, 4) is 0 Å². The number of aromatic amines is 1. The SMILES string of the molecule is CC[C@@H](c1nnnn1CCc1ccccc1)N(CCc1ccccc1)Cc1cc2ccc(C)c(C)c2[nH]c1=O. The molecule has 39 heavy (non-hydrogen) atoms. The lowest BCUT2D eigenvalue weighted by molar-refractivity contribution is 0.171. The lowest BCUT2D eigenvalue weighted by atomic mass is 10.0. The number of nitrogens with zero attached hydrogens (tertiary/aromatic N) is 5. The maximum atomic E-state index is 13.3. The Hall–Kier alpha value is -4.10. The Bertz CT molecular complexity index is 1580. The quantitative estimate of drug-likeness (QED) is 0.246. The molecule has 0 saturated carbocycles. The fourth-order valence-corrected chi connectivity index (χ4v) is 5.26. The normalized spacial score (nSPS) is 12.3. The average Bonchev–Trinajstić information content (AvgIpc) is 3.43. The molecule has 0 bridgehead atoms. The molecule has 0 aliphatic carbocycles. The molecular weight excluding hydrogens is 484 g/mol. The predicted molar refractivity (Wildman–Crippen MR) is 156 cm³/mol. The highest BCUT2D eigenvalue weighted by molar-refractivity contribution is 5.83. The fourth-order valence-electron chi connectivity index (χ4n) is 5.26. The standard InChI is InChI=1S/C32H36N6O/c1-4-29(31-34-35-36-38(31)20-18-26-13-9-6-10-14-26)37(19-17-25-11-7-5-8-12-25)22-28-21-27-16-15-23(2)24(3)30(27)33-32(28)39/h5-16,21,29H,4,17-20,22H2,1-3H3,(H,33,39)/t29-/m0/s1. The minimum Gasteiger partial charge on any atom is -0.321 e. The molecule has 0 aliphatic rings. The first-order valence-electron chi connectivity index (χ1n) is 13.7. The zero-order valence-electron chi connectivity index (χ0n) is 23.0. The van der Waals surface area contributed by atoms with E-state index < -0.39 is 0 Å². The summed E-state index contributed by atoms with van der Waals surface area (Å²) in [7, 11) is 0. The van der Waals surface area contributed by atoms with E-state index in [-0.39, 0.29) is 11.6 Å². The van der Waals surface area contributed by atoms with Crippen LogP contribution in [0, 0.1) is 13.8 Å². The van der Waals surface area contributed by atoms with E-state index in [9.17, 15) is 4.79 Å². The highest BCUT2D eigenvalue weighted by atomic mass is 16.1. The van der Waals surface area contributed by atoms with Gasteiger partial charge in [0, 0.05) is 25.2 Å². The molecule has 0 radical (unpaired) electrons. The van der Waals surface area contributed by atoms with Crippen molar-refractivity contribution in [2.45, 2.75) is 59.2 Å². The zero-order valence-corrected chi connectivity index (χ0v) is 23.0. The summed E-state index contributed by atoms with van der Waals surface area (Å²) in [5.41, 5.74) is 6.42. The van der Waals surface area contributed by atoms with Crippen molar-refractivity contribution < 1.29 is 0 Å². The number of hydrogen-bond acceptors (Lipinski definition) is 5. The van der Waals surface area contributed by atoms with Gasteiger partial charge in [-0.15, -0.1) is 5.10 Å². The number of aryl methyl sites for hydroxylation is 4. The molecule has 0 amide bonds. The van der Waals surface area contributed by atoms with Gasteiger partial charge in [-0.2, -0.15) is 0 Å². The second-order valence-corrected chi connectivity index (χ2v) is 10.2. The average molecular weight is 521 g/mol. The number of fused-ring (bicyclic) bond motifs is 1. The van der Waals surface area contributed by atoms with Crippen LogP contribution in [0.25, 0.3) is 10.9 Å².